The number of nitriles is 1. The molecule has 0 saturated carbocycles. The molecule has 4 nitrogen and oxygen atoms in total. The minimum Gasteiger partial charge on any atom is -0.496 e. The molecule has 0 aliphatic carbocycles. The lowest BCUT2D eigenvalue weighted by atomic mass is 10.0. The van der Waals surface area contributed by atoms with Gasteiger partial charge in [0, 0.05) is 12.1 Å². The number of ether oxygens (including phenoxy) is 1. The Kier molecular flexibility index (Phi) is 5.16. The number of rotatable bonds is 5. The van der Waals surface area contributed by atoms with Crippen molar-refractivity contribution < 1.29 is 9.53 Å². The minimum atomic E-state index is -0.362. The number of nitrogens with zero attached hydrogens (tertiary/aromatic N) is 1. The molecule has 0 aliphatic rings. The van der Waals surface area contributed by atoms with Crippen LogP contribution in [0.4, 0.5) is 0 Å². The largest absolute Gasteiger partial charge is 0.496 e. The van der Waals surface area contributed by atoms with Crippen molar-refractivity contribution in [1.29, 1.82) is 5.26 Å². The normalized spacial score (nSPS) is 11.0. The summed E-state index contributed by atoms with van der Waals surface area (Å²) in [5, 5.41) is 14.0. The molecule has 0 aliphatic heterocycles. The van der Waals surface area contributed by atoms with Gasteiger partial charge in [-0.25, -0.2) is 0 Å². The Hall–Kier alpha value is -2.80. The first-order chi connectivity index (χ1) is 10.7. The van der Waals surface area contributed by atoms with Crippen LogP contribution in [0, 0.1) is 11.3 Å². The molecule has 0 atom stereocenters. The van der Waals surface area contributed by atoms with Gasteiger partial charge in [0.05, 0.1) is 7.11 Å². The second-order valence-corrected chi connectivity index (χ2v) is 4.83. The van der Waals surface area contributed by atoms with Gasteiger partial charge in [-0.1, -0.05) is 37.3 Å². The number of hydrogen-bond donors (Lipinski definition) is 1. The van der Waals surface area contributed by atoms with Crippen LogP contribution in [0.1, 0.15) is 18.9 Å². The van der Waals surface area contributed by atoms with Crippen molar-refractivity contribution in [2.75, 3.05) is 13.7 Å². The number of fused-ring (bicyclic) bond motifs is 1. The zero-order chi connectivity index (χ0) is 15.9. The Morgan fingerprint density at radius 3 is 2.77 bits per heavy atom. The molecule has 0 saturated heterocycles. The van der Waals surface area contributed by atoms with E-state index in [1.165, 1.54) is 0 Å². The summed E-state index contributed by atoms with van der Waals surface area (Å²) in [6.45, 7) is 2.51. The molecule has 2 aromatic carbocycles. The molecule has 0 radical (unpaired) electrons. The van der Waals surface area contributed by atoms with Crippen molar-refractivity contribution >= 4 is 22.8 Å². The lowest BCUT2D eigenvalue weighted by Gasteiger charge is -2.09. The maximum atomic E-state index is 12.0. The van der Waals surface area contributed by atoms with Crippen molar-refractivity contribution in [2.24, 2.45) is 0 Å². The van der Waals surface area contributed by atoms with Gasteiger partial charge in [-0.15, -0.1) is 0 Å². The van der Waals surface area contributed by atoms with Gasteiger partial charge in [0.1, 0.15) is 17.4 Å². The molecule has 2 rings (SSSR count). The van der Waals surface area contributed by atoms with Crippen LogP contribution >= 0.6 is 0 Å². The fourth-order valence-corrected chi connectivity index (χ4v) is 2.23. The van der Waals surface area contributed by atoms with Gasteiger partial charge in [0.25, 0.3) is 5.91 Å². The summed E-state index contributed by atoms with van der Waals surface area (Å²) in [7, 11) is 1.57. The number of nitrogens with one attached hydrogen (secondary N) is 1. The quantitative estimate of drug-likeness (QED) is 0.680. The van der Waals surface area contributed by atoms with Crippen molar-refractivity contribution in [1.82, 2.24) is 5.32 Å². The molecular weight excluding hydrogens is 276 g/mol. The van der Waals surface area contributed by atoms with Crippen LogP contribution in [0.15, 0.2) is 42.0 Å². The minimum absolute atomic E-state index is 0.0723. The van der Waals surface area contributed by atoms with E-state index < -0.39 is 0 Å². The Morgan fingerprint density at radius 1 is 1.32 bits per heavy atom. The molecule has 0 spiro atoms. The fourth-order valence-electron chi connectivity index (χ4n) is 2.23. The second-order valence-electron chi connectivity index (χ2n) is 4.83. The van der Waals surface area contributed by atoms with Crippen LogP contribution in [-0.2, 0) is 4.79 Å². The first-order valence-electron chi connectivity index (χ1n) is 7.17. The van der Waals surface area contributed by atoms with Crippen LogP contribution in [0.3, 0.4) is 0 Å². The van der Waals surface area contributed by atoms with Gasteiger partial charge in [-0.2, -0.15) is 5.26 Å². The summed E-state index contributed by atoms with van der Waals surface area (Å²) in [6, 6.07) is 13.6. The monoisotopic (exact) mass is 294 g/mol. The summed E-state index contributed by atoms with van der Waals surface area (Å²) >= 11 is 0. The number of hydrogen-bond acceptors (Lipinski definition) is 3. The van der Waals surface area contributed by atoms with E-state index in [1.807, 2.05) is 49.4 Å². The zero-order valence-corrected chi connectivity index (χ0v) is 12.7. The predicted molar refractivity (Wildman–Crippen MR) is 87.4 cm³/mol. The highest BCUT2D eigenvalue weighted by molar-refractivity contribution is 6.04. The van der Waals surface area contributed by atoms with Gasteiger partial charge < -0.3 is 10.1 Å². The van der Waals surface area contributed by atoms with E-state index in [9.17, 15) is 10.1 Å². The van der Waals surface area contributed by atoms with E-state index in [1.54, 1.807) is 13.2 Å². The van der Waals surface area contributed by atoms with E-state index in [-0.39, 0.29) is 11.5 Å². The van der Waals surface area contributed by atoms with E-state index >= 15 is 0 Å². The summed E-state index contributed by atoms with van der Waals surface area (Å²) in [4.78, 5) is 12.0. The standard InChI is InChI=1S/C18H18N2O2/c1-3-10-20-18(21)14(12-19)11-16-15-7-5-4-6-13(15)8-9-17(16)22-2/h4-9,11H,3,10H2,1-2H3,(H,20,21)/b14-11-. The van der Waals surface area contributed by atoms with Gasteiger partial charge in [0.15, 0.2) is 0 Å². The van der Waals surface area contributed by atoms with Crippen LogP contribution in [0.25, 0.3) is 16.8 Å². The predicted octanol–water partition coefficient (Wildman–Crippen LogP) is 3.28. The van der Waals surface area contributed by atoms with Gasteiger partial charge in [0.2, 0.25) is 0 Å². The maximum Gasteiger partial charge on any atom is 0.261 e. The number of benzene rings is 2. The topological polar surface area (TPSA) is 62.1 Å². The number of carbonyl (C=O) groups is 1. The molecule has 0 heterocycles. The van der Waals surface area contributed by atoms with Crippen molar-refractivity contribution in [2.45, 2.75) is 13.3 Å². The van der Waals surface area contributed by atoms with Gasteiger partial charge in [-0.05, 0) is 29.3 Å². The molecular formula is C18H18N2O2. The first-order valence-corrected chi connectivity index (χ1v) is 7.17. The molecule has 22 heavy (non-hydrogen) atoms. The average molecular weight is 294 g/mol. The molecule has 112 valence electrons. The van der Waals surface area contributed by atoms with Crippen LogP contribution in [-0.4, -0.2) is 19.6 Å². The summed E-state index contributed by atoms with van der Waals surface area (Å²) in [6.07, 6.45) is 2.41. The van der Waals surface area contributed by atoms with Gasteiger partial charge >= 0.3 is 0 Å². The van der Waals surface area contributed by atoms with E-state index in [2.05, 4.69) is 5.32 Å². The average Bonchev–Trinajstić information content (AvgIpc) is 2.57. The lowest BCUT2D eigenvalue weighted by Crippen LogP contribution is -2.25. The Morgan fingerprint density at radius 2 is 2.09 bits per heavy atom. The van der Waals surface area contributed by atoms with Crippen molar-refractivity contribution in [3.05, 3.63) is 47.5 Å². The summed E-state index contributed by atoms with van der Waals surface area (Å²) in [5.74, 6) is 0.272. The molecule has 0 unspecified atom stereocenters. The Balaban J connectivity index is 2.54. The molecule has 1 amide bonds. The third-order valence-electron chi connectivity index (χ3n) is 3.34. The molecule has 0 bridgehead atoms. The van der Waals surface area contributed by atoms with Crippen LogP contribution < -0.4 is 10.1 Å². The third-order valence-corrected chi connectivity index (χ3v) is 3.34. The SMILES string of the molecule is CCCNC(=O)/C(C#N)=C\c1c(OC)ccc2ccccc12. The molecule has 4 heteroatoms. The highest BCUT2D eigenvalue weighted by Crippen LogP contribution is 2.30. The Bertz CT molecular complexity index is 757. The maximum absolute atomic E-state index is 12.0. The number of methoxy groups -OCH3 is 1. The number of carbonyl (C=O) groups excluding carboxylic acids is 1. The fraction of sp³-hybridized carbons (Fsp3) is 0.222. The van der Waals surface area contributed by atoms with E-state index in [0.29, 0.717) is 12.3 Å². The number of amides is 1. The summed E-state index contributed by atoms with van der Waals surface area (Å²) in [5.41, 5.74) is 0.812. The smallest absolute Gasteiger partial charge is 0.261 e. The molecule has 0 aromatic heterocycles. The molecule has 1 N–H and O–H groups in total. The summed E-state index contributed by atoms with van der Waals surface area (Å²) < 4.78 is 5.37. The second kappa shape index (κ2) is 7.28. The van der Waals surface area contributed by atoms with E-state index in [0.717, 1.165) is 22.8 Å². The van der Waals surface area contributed by atoms with Crippen molar-refractivity contribution in [3.63, 3.8) is 0 Å². The van der Waals surface area contributed by atoms with Gasteiger partial charge in [-0.3, -0.25) is 4.79 Å². The highest BCUT2D eigenvalue weighted by atomic mass is 16.5. The van der Waals surface area contributed by atoms with Crippen molar-refractivity contribution in [3.8, 4) is 11.8 Å². The first kappa shape index (κ1) is 15.6. The third kappa shape index (κ3) is 3.26. The Labute approximate surface area is 130 Å². The zero-order valence-electron chi connectivity index (χ0n) is 12.7. The highest BCUT2D eigenvalue weighted by Gasteiger charge is 2.12. The van der Waals surface area contributed by atoms with Crippen LogP contribution in [0.5, 0.6) is 5.75 Å². The van der Waals surface area contributed by atoms with Crippen LogP contribution in [0.2, 0.25) is 0 Å². The molecule has 2 aromatic rings. The lowest BCUT2D eigenvalue weighted by molar-refractivity contribution is -0.117. The molecule has 0 fully saturated rings. The van der Waals surface area contributed by atoms with E-state index in [4.69, 9.17) is 4.74 Å².